The number of nitrogens with two attached hydrogens (primary N) is 2. The van der Waals surface area contributed by atoms with E-state index >= 15 is 0 Å². The van der Waals surface area contributed by atoms with E-state index in [-0.39, 0.29) is 16.0 Å². The van der Waals surface area contributed by atoms with Crippen LogP contribution >= 0.6 is 0 Å². The average Bonchev–Trinajstić information content (AvgIpc) is 2.22. The largest absolute Gasteiger partial charge is 0.398 e. The highest BCUT2D eigenvalue weighted by atomic mass is 32.2. The first kappa shape index (κ1) is 15.8. The molecule has 5 nitrogen and oxygen atoms in total. The number of nitrogens with one attached hydrogen (secondary N) is 1. The standard InChI is InChI=1S/C13H23N3O2S/c1-9(13(2,3)4)8-16-10-5-6-12(11(14)7-10)19(15,17)18/h5-7,9,16H,8,14H2,1-4H3,(H2,15,17,18). The predicted octanol–water partition coefficient (Wildman–Crippen LogP) is 2.01. The highest BCUT2D eigenvalue weighted by Crippen LogP contribution is 2.26. The lowest BCUT2D eigenvalue weighted by molar-refractivity contribution is 0.274. The molecule has 0 amide bonds. The van der Waals surface area contributed by atoms with Gasteiger partial charge in [-0.1, -0.05) is 27.7 Å². The number of benzene rings is 1. The zero-order valence-corrected chi connectivity index (χ0v) is 12.7. The van der Waals surface area contributed by atoms with Crippen LogP contribution in [0.3, 0.4) is 0 Å². The Labute approximate surface area is 115 Å². The number of anilines is 2. The van der Waals surface area contributed by atoms with Crippen LogP contribution in [0, 0.1) is 11.3 Å². The molecule has 0 aliphatic carbocycles. The van der Waals surface area contributed by atoms with E-state index in [0.717, 1.165) is 12.2 Å². The van der Waals surface area contributed by atoms with Crippen LogP contribution in [0.2, 0.25) is 0 Å². The van der Waals surface area contributed by atoms with Gasteiger partial charge in [0.25, 0.3) is 0 Å². The zero-order chi connectivity index (χ0) is 14.8. The number of hydrogen-bond donors (Lipinski definition) is 3. The van der Waals surface area contributed by atoms with Crippen molar-refractivity contribution in [2.24, 2.45) is 16.5 Å². The van der Waals surface area contributed by atoms with Gasteiger partial charge in [-0.15, -0.1) is 0 Å². The lowest BCUT2D eigenvalue weighted by Gasteiger charge is -2.27. The molecule has 5 N–H and O–H groups in total. The van der Waals surface area contributed by atoms with Gasteiger partial charge in [-0.25, -0.2) is 13.6 Å². The molecular weight excluding hydrogens is 262 g/mol. The Kier molecular flexibility index (Phi) is 4.47. The lowest BCUT2D eigenvalue weighted by Crippen LogP contribution is -2.24. The molecule has 0 radical (unpaired) electrons. The summed E-state index contributed by atoms with van der Waals surface area (Å²) in [6.07, 6.45) is 0. The third kappa shape index (κ3) is 4.40. The van der Waals surface area contributed by atoms with Crippen molar-refractivity contribution >= 4 is 21.4 Å². The van der Waals surface area contributed by atoms with E-state index in [4.69, 9.17) is 10.9 Å². The molecule has 19 heavy (non-hydrogen) atoms. The fourth-order valence-corrected chi connectivity index (χ4v) is 2.14. The molecule has 0 aromatic heterocycles. The summed E-state index contributed by atoms with van der Waals surface area (Å²) in [5.74, 6) is 0.464. The molecular formula is C13H23N3O2S. The van der Waals surface area contributed by atoms with Crippen molar-refractivity contribution in [3.05, 3.63) is 18.2 Å². The molecule has 0 bridgehead atoms. The Balaban J connectivity index is 2.81. The third-order valence-corrected chi connectivity index (χ3v) is 4.39. The van der Waals surface area contributed by atoms with Crippen molar-refractivity contribution in [1.29, 1.82) is 0 Å². The molecule has 6 heteroatoms. The summed E-state index contributed by atoms with van der Waals surface area (Å²) < 4.78 is 22.5. The van der Waals surface area contributed by atoms with E-state index < -0.39 is 10.0 Å². The van der Waals surface area contributed by atoms with Crippen LogP contribution in [0.15, 0.2) is 23.1 Å². The summed E-state index contributed by atoms with van der Waals surface area (Å²) in [6, 6.07) is 4.69. The van der Waals surface area contributed by atoms with Gasteiger partial charge in [-0.3, -0.25) is 0 Å². The normalized spacial score (nSPS) is 14.2. The molecule has 1 unspecified atom stereocenters. The van der Waals surface area contributed by atoms with E-state index in [1.165, 1.54) is 6.07 Å². The van der Waals surface area contributed by atoms with Crippen LogP contribution in [0.1, 0.15) is 27.7 Å². The summed E-state index contributed by atoms with van der Waals surface area (Å²) >= 11 is 0. The topological polar surface area (TPSA) is 98.2 Å². The monoisotopic (exact) mass is 285 g/mol. The SMILES string of the molecule is CC(CNc1ccc(S(N)(=O)=O)c(N)c1)C(C)(C)C. The minimum atomic E-state index is -3.76. The van der Waals surface area contributed by atoms with Crippen molar-refractivity contribution < 1.29 is 8.42 Å². The summed E-state index contributed by atoms with van der Waals surface area (Å²) in [6.45, 7) is 9.49. The first-order valence-electron chi connectivity index (χ1n) is 6.18. The fourth-order valence-electron chi connectivity index (χ4n) is 1.49. The van der Waals surface area contributed by atoms with Gasteiger partial charge in [-0.2, -0.15) is 0 Å². The van der Waals surface area contributed by atoms with Crippen molar-refractivity contribution in [3.8, 4) is 0 Å². The molecule has 1 aromatic carbocycles. The van der Waals surface area contributed by atoms with Crippen LogP contribution in [-0.4, -0.2) is 15.0 Å². The van der Waals surface area contributed by atoms with Crippen LogP contribution in [0.25, 0.3) is 0 Å². The second-order valence-corrected chi connectivity index (χ2v) is 7.48. The van der Waals surface area contributed by atoms with Crippen molar-refractivity contribution in [3.63, 3.8) is 0 Å². The molecule has 0 fully saturated rings. The maximum atomic E-state index is 11.2. The Hall–Kier alpha value is -1.27. The van der Waals surface area contributed by atoms with E-state index in [2.05, 4.69) is 33.0 Å². The Morgan fingerprint density at radius 3 is 2.32 bits per heavy atom. The highest BCUT2D eigenvalue weighted by Gasteiger charge is 2.19. The third-order valence-electron chi connectivity index (χ3n) is 3.41. The molecule has 0 aliphatic rings. The predicted molar refractivity (Wildman–Crippen MR) is 79.3 cm³/mol. The number of primary sulfonamides is 1. The maximum absolute atomic E-state index is 11.2. The van der Waals surface area contributed by atoms with Crippen LogP contribution < -0.4 is 16.2 Å². The molecule has 0 heterocycles. The van der Waals surface area contributed by atoms with E-state index in [1.54, 1.807) is 12.1 Å². The molecule has 1 rings (SSSR count). The Bertz CT molecular complexity index is 547. The summed E-state index contributed by atoms with van der Waals surface area (Å²) in [5.41, 5.74) is 6.86. The van der Waals surface area contributed by atoms with Gasteiger partial charge in [0.05, 0.1) is 5.69 Å². The first-order chi connectivity index (χ1) is 8.51. The van der Waals surface area contributed by atoms with Crippen LogP contribution in [-0.2, 0) is 10.0 Å². The smallest absolute Gasteiger partial charge is 0.240 e. The average molecular weight is 285 g/mol. The minimum absolute atomic E-state index is 0.0399. The summed E-state index contributed by atoms with van der Waals surface area (Å²) in [4.78, 5) is -0.0399. The van der Waals surface area contributed by atoms with Crippen LogP contribution in [0.5, 0.6) is 0 Å². The number of rotatable bonds is 4. The van der Waals surface area contributed by atoms with E-state index in [1.807, 2.05) is 0 Å². The van der Waals surface area contributed by atoms with Gasteiger partial charge in [0, 0.05) is 12.2 Å². The van der Waals surface area contributed by atoms with Crippen molar-refractivity contribution in [1.82, 2.24) is 0 Å². The number of hydrogen-bond acceptors (Lipinski definition) is 4. The summed E-state index contributed by atoms with van der Waals surface area (Å²) in [7, 11) is -3.76. The molecule has 0 saturated heterocycles. The lowest BCUT2D eigenvalue weighted by atomic mass is 9.82. The molecule has 0 spiro atoms. The Morgan fingerprint density at radius 2 is 1.89 bits per heavy atom. The highest BCUT2D eigenvalue weighted by molar-refractivity contribution is 7.89. The van der Waals surface area contributed by atoms with Gasteiger partial charge in [-0.05, 0) is 29.5 Å². The van der Waals surface area contributed by atoms with Gasteiger partial charge >= 0.3 is 0 Å². The number of nitrogen functional groups attached to an aromatic ring is 1. The Morgan fingerprint density at radius 1 is 1.32 bits per heavy atom. The summed E-state index contributed by atoms with van der Waals surface area (Å²) in [5, 5.41) is 8.31. The van der Waals surface area contributed by atoms with E-state index in [0.29, 0.717) is 5.92 Å². The second kappa shape index (κ2) is 5.38. The number of sulfonamides is 1. The van der Waals surface area contributed by atoms with Crippen LogP contribution in [0.4, 0.5) is 11.4 Å². The van der Waals surface area contributed by atoms with Gasteiger partial charge in [0.1, 0.15) is 4.90 Å². The minimum Gasteiger partial charge on any atom is -0.398 e. The first-order valence-corrected chi connectivity index (χ1v) is 7.72. The van der Waals surface area contributed by atoms with Gasteiger partial charge in [0.2, 0.25) is 10.0 Å². The van der Waals surface area contributed by atoms with Crippen molar-refractivity contribution in [2.75, 3.05) is 17.6 Å². The molecule has 108 valence electrons. The van der Waals surface area contributed by atoms with E-state index in [9.17, 15) is 8.42 Å². The zero-order valence-electron chi connectivity index (χ0n) is 11.9. The second-order valence-electron chi connectivity index (χ2n) is 5.95. The molecule has 1 atom stereocenters. The maximum Gasteiger partial charge on any atom is 0.240 e. The molecule has 1 aromatic rings. The molecule has 0 saturated carbocycles. The quantitative estimate of drug-likeness (QED) is 0.737. The van der Waals surface area contributed by atoms with Crippen molar-refractivity contribution in [2.45, 2.75) is 32.6 Å². The molecule has 0 aliphatic heterocycles. The fraction of sp³-hybridized carbons (Fsp3) is 0.538. The van der Waals surface area contributed by atoms with Gasteiger partial charge < -0.3 is 11.1 Å². The van der Waals surface area contributed by atoms with Gasteiger partial charge in [0.15, 0.2) is 0 Å².